The van der Waals surface area contributed by atoms with Crippen molar-refractivity contribution < 1.29 is 5.64 Å². The Bertz CT molecular complexity index is 70.8. The molecular formula is C6H19NOS. The second kappa shape index (κ2) is 11.0. The summed E-state index contributed by atoms with van der Waals surface area (Å²) >= 11 is 0. The van der Waals surface area contributed by atoms with Crippen LogP contribution in [0.15, 0.2) is 0 Å². The molecule has 1 N–H and O–H groups in total. The Labute approximate surface area is 62.1 Å². The van der Waals surface area contributed by atoms with Gasteiger partial charge in [-0.3, -0.25) is 0 Å². The lowest BCUT2D eigenvalue weighted by molar-refractivity contribution is 0.675. The van der Waals surface area contributed by atoms with Gasteiger partial charge in [0, 0.05) is 13.7 Å². The minimum absolute atomic E-state index is 0. The monoisotopic (exact) mass is 153 g/mol. The molecule has 9 heavy (non-hydrogen) atoms. The highest BCUT2D eigenvalue weighted by molar-refractivity contribution is 7.82. The Morgan fingerprint density at radius 2 is 1.89 bits per heavy atom. The predicted molar refractivity (Wildman–Crippen MR) is 45.8 cm³/mol. The van der Waals surface area contributed by atoms with Crippen LogP contribution >= 0.6 is 0 Å². The van der Waals surface area contributed by atoms with Crippen LogP contribution in [0.3, 0.4) is 0 Å². The van der Waals surface area contributed by atoms with Gasteiger partial charge in [-0.05, 0) is 0 Å². The lowest BCUT2D eigenvalue weighted by Crippen LogP contribution is -2.17. The number of hydrogen-bond acceptors (Lipinski definition) is 1. The summed E-state index contributed by atoms with van der Waals surface area (Å²) in [5.41, 5.74) is 0. The molecule has 1 atom stereocenters. The largest absolute Gasteiger partial charge is 0.243 e. The fourth-order valence-corrected chi connectivity index (χ4v) is 0.789. The lowest BCUT2D eigenvalue weighted by Gasteiger charge is -1.93. The minimum atomic E-state index is -0.777. The predicted octanol–water partition coefficient (Wildman–Crippen LogP) is 1.55. The highest BCUT2D eigenvalue weighted by Gasteiger charge is 1.86. The molecule has 1 unspecified atom stereocenters. The lowest BCUT2D eigenvalue weighted by atomic mass is 10.8. The van der Waals surface area contributed by atoms with Crippen molar-refractivity contribution in [2.24, 2.45) is 0 Å². The number of rotatable bonds is 3. The second-order valence-corrected chi connectivity index (χ2v) is 2.69. The summed E-state index contributed by atoms with van der Waals surface area (Å²) in [6, 6.07) is 0. The summed E-state index contributed by atoms with van der Waals surface area (Å²) in [5, 5.41) is 0. The molecule has 0 aromatic rings. The van der Waals surface area contributed by atoms with E-state index in [1.165, 1.54) is 0 Å². The van der Waals surface area contributed by atoms with E-state index in [-0.39, 0.29) is 1.43 Å². The summed E-state index contributed by atoms with van der Waals surface area (Å²) in [6.45, 7) is 8.62. The molecule has 0 spiro atoms. The van der Waals surface area contributed by atoms with Crippen molar-refractivity contribution in [3.05, 3.63) is 0 Å². The van der Waals surface area contributed by atoms with E-state index in [1.807, 2.05) is 27.7 Å². The van der Waals surface area contributed by atoms with Crippen molar-refractivity contribution in [3.8, 4) is 0 Å². The summed E-state index contributed by atoms with van der Waals surface area (Å²) in [5.74, 6) is 0.702. The van der Waals surface area contributed by atoms with Crippen LogP contribution in [0.25, 0.3) is 0 Å². The number of nitrogens with one attached hydrogen (secondary N) is 1. The van der Waals surface area contributed by atoms with E-state index in [4.69, 9.17) is 0 Å². The van der Waals surface area contributed by atoms with E-state index in [1.54, 1.807) is 0 Å². The van der Waals surface area contributed by atoms with E-state index < -0.39 is 11.0 Å². The van der Waals surface area contributed by atoms with Crippen molar-refractivity contribution in [2.75, 3.05) is 12.3 Å². The fraction of sp³-hybridized carbons (Fsp3) is 1.00. The SMILES string of the molecule is CC.CCNS(=O)CC.[HH]. The third-order valence-corrected chi connectivity index (χ3v) is 1.70. The minimum Gasteiger partial charge on any atom is -0.243 e. The van der Waals surface area contributed by atoms with Crippen LogP contribution in [0.5, 0.6) is 0 Å². The third kappa shape index (κ3) is 11.6. The average Bonchev–Trinajstić information content (AvgIpc) is 1.93. The maximum atomic E-state index is 10.4. The highest BCUT2D eigenvalue weighted by Crippen LogP contribution is 1.69. The normalized spacial score (nSPS) is 11.6. The van der Waals surface area contributed by atoms with E-state index in [9.17, 15) is 4.21 Å². The van der Waals surface area contributed by atoms with Gasteiger partial charge in [0.25, 0.3) is 0 Å². The van der Waals surface area contributed by atoms with Crippen molar-refractivity contribution in [3.63, 3.8) is 0 Å². The van der Waals surface area contributed by atoms with Gasteiger partial charge >= 0.3 is 0 Å². The molecule has 0 aliphatic rings. The van der Waals surface area contributed by atoms with Crippen LogP contribution in [0, 0.1) is 0 Å². The average molecular weight is 153 g/mol. The summed E-state index contributed by atoms with van der Waals surface area (Å²) in [4.78, 5) is 0. The molecule has 0 saturated heterocycles. The van der Waals surface area contributed by atoms with E-state index in [0.717, 1.165) is 6.54 Å². The molecule has 0 rings (SSSR count). The first-order valence-corrected chi connectivity index (χ1v) is 4.75. The van der Waals surface area contributed by atoms with E-state index in [2.05, 4.69) is 4.72 Å². The molecule has 0 aliphatic heterocycles. The zero-order chi connectivity index (χ0) is 7.70. The van der Waals surface area contributed by atoms with Gasteiger partial charge in [-0.2, -0.15) is 0 Å². The summed E-state index contributed by atoms with van der Waals surface area (Å²) in [6.07, 6.45) is 0. The summed E-state index contributed by atoms with van der Waals surface area (Å²) < 4.78 is 13.2. The quantitative estimate of drug-likeness (QED) is 0.655. The van der Waals surface area contributed by atoms with Crippen molar-refractivity contribution in [1.29, 1.82) is 0 Å². The smallest absolute Gasteiger partial charge is 0.0912 e. The Morgan fingerprint density at radius 1 is 1.44 bits per heavy atom. The third-order valence-electron chi connectivity index (χ3n) is 0.568. The van der Waals surface area contributed by atoms with Crippen LogP contribution in [0.1, 0.15) is 29.1 Å². The zero-order valence-electron chi connectivity index (χ0n) is 6.73. The maximum absolute atomic E-state index is 10.4. The Morgan fingerprint density at radius 3 is 2.00 bits per heavy atom. The van der Waals surface area contributed by atoms with Gasteiger partial charge < -0.3 is 0 Å². The van der Waals surface area contributed by atoms with Gasteiger partial charge in [-0.1, -0.05) is 27.7 Å². The Kier molecular flexibility index (Phi) is 14.5. The van der Waals surface area contributed by atoms with Crippen LogP contribution in [-0.4, -0.2) is 16.5 Å². The van der Waals surface area contributed by atoms with Crippen molar-refractivity contribution in [2.45, 2.75) is 27.7 Å². The standard InChI is InChI=1S/C4H11NOS.C2H6.H2/c1-3-5-7(6)4-2;1-2;/h5H,3-4H2,1-2H3;1-2H3;1H. The topological polar surface area (TPSA) is 29.1 Å². The molecule has 0 aromatic heterocycles. The molecule has 0 saturated carbocycles. The second-order valence-electron chi connectivity index (χ2n) is 1.13. The zero-order valence-corrected chi connectivity index (χ0v) is 7.55. The molecule has 0 aliphatic carbocycles. The van der Waals surface area contributed by atoms with E-state index in [0.29, 0.717) is 5.75 Å². The molecular weight excluding hydrogens is 134 g/mol. The first kappa shape index (κ1) is 11.9. The van der Waals surface area contributed by atoms with Gasteiger partial charge in [0.15, 0.2) is 0 Å². The van der Waals surface area contributed by atoms with Gasteiger partial charge in [0.05, 0.1) is 11.0 Å². The van der Waals surface area contributed by atoms with Crippen LogP contribution in [0.2, 0.25) is 0 Å². The molecule has 0 fully saturated rings. The number of hydrogen-bond donors (Lipinski definition) is 1. The fourth-order valence-electron chi connectivity index (χ4n) is 0.263. The summed E-state index contributed by atoms with van der Waals surface area (Å²) in [7, 11) is -0.777. The molecule has 0 aromatic carbocycles. The molecule has 2 nitrogen and oxygen atoms in total. The van der Waals surface area contributed by atoms with Crippen LogP contribution in [-0.2, 0) is 11.0 Å². The highest BCUT2D eigenvalue weighted by atomic mass is 32.2. The molecule has 0 amide bonds. The molecule has 60 valence electrons. The van der Waals surface area contributed by atoms with Gasteiger partial charge in [-0.15, -0.1) is 0 Å². The van der Waals surface area contributed by atoms with Gasteiger partial charge in [-0.25, -0.2) is 8.93 Å². The first-order chi connectivity index (χ1) is 4.31. The Hall–Kier alpha value is 0.110. The first-order valence-electron chi connectivity index (χ1n) is 3.43. The van der Waals surface area contributed by atoms with E-state index >= 15 is 0 Å². The van der Waals surface area contributed by atoms with Crippen molar-refractivity contribution in [1.82, 2.24) is 4.72 Å². The van der Waals surface area contributed by atoms with Crippen LogP contribution < -0.4 is 4.72 Å². The maximum Gasteiger partial charge on any atom is 0.0912 e. The van der Waals surface area contributed by atoms with Gasteiger partial charge in [0.2, 0.25) is 0 Å². The Balaban J connectivity index is -0.000000149. The van der Waals surface area contributed by atoms with Crippen molar-refractivity contribution >= 4 is 11.0 Å². The molecule has 3 heteroatoms. The van der Waals surface area contributed by atoms with Crippen LogP contribution in [0.4, 0.5) is 0 Å². The van der Waals surface area contributed by atoms with Gasteiger partial charge in [0.1, 0.15) is 0 Å². The molecule has 0 radical (unpaired) electrons. The molecule has 0 bridgehead atoms. The molecule has 0 heterocycles.